The van der Waals surface area contributed by atoms with Crippen molar-refractivity contribution in [3.63, 3.8) is 0 Å². The maximum Gasteiger partial charge on any atom is 0.309 e. The zero-order valence-corrected chi connectivity index (χ0v) is 41.3. The molecule has 14 nitrogen and oxygen atoms in total. The number of aromatic nitrogens is 1. The number of carbonyl (C=O) groups excluding carboxylic acids is 2. The molecule has 0 aliphatic carbocycles. The zero-order valence-electron chi connectivity index (χ0n) is 39.6. The lowest BCUT2D eigenvalue weighted by molar-refractivity contribution is -0.608. The van der Waals surface area contributed by atoms with Gasteiger partial charge in [-0.2, -0.15) is 0 Å². The smallest absolute Gasteiger partial charge is 0.309 e. The quantitative estimate of drug-likeness (QED) is 0.0254. The van der Waals surface area contributed by atoms with Crippen LogP contribution in [-0.2, 0) is 43.4 Å². The molecule has 0 unspecified atom stereocenters. The molecule has 0 aromatic carbocycles. The molecule has 3 heterocycles. The normalized spacial score (nSPS) is 21.3. The summed E-state index contributed by atoms with van der Waals surface area (Å²) in [6.45, 7) is 14.5. The molecule has 7 atom stereocenters. The molecule has 2 saturated heterocycles. The minimum atomic E-state index is -1.23. The highest BCUT2D eigenvalue weighted by Crippen LogP contribution is 2.45. The molecule has 2 fully saturated rings. The average Bonchev–Trinajstić information content (AvgIpc) is 3.78. The first kappa shape index (κ1) is 60.8. The van der Waals surface area contributed by atoms with Gasteiger partial charge < -0.3 is 19.7 Å². The molecule has 1 aromatic heterocycles. The van der Waals surface area contributed by atoms with Gasteiger partial charge in [0, 0.05) is 104 Å². The summed E-state index contributed by atoms with van der Waals surface area (Å²) in [4.78, 5) is 37.8. The van der Waals surface area contributed by atoms with E-state index >= 15 is 0 Å². The number of hydrogen-bond donors (Lipinski definition) is 5. The highest BCUT2D eigenvalue weighted by molar-refractivity contribution is 7.74. The first-order valence-corrected chi connectivity index (χ1v) is 21.9. The van der Waals surface area contributed by atoms with Crippen molar-refractivity contribution < 1.29 is 84.6 Å². The minimum absolute atomic E-state index is 0. The van der Waals surface area contributed by atoms with E-state index in [1.807, 2.05) is 32.2 Å². The van der Waals surface area contributed by atoms with Gasteiger partial charge in [0.25, 0.3) is 0 Å². The highest BCUT2D eigenvalue weighted by atomic mass is 32.1. The third-order valence-corrected chi connectivity index (χ3v) is 10.5. The van der Waals surface area contributed by atoms with E-state index in [-0.39, 0.29) is 55.5 Å². The summed E-state index contributed by atoms with van der Waals surface area (Å²) >= 11 is 4.63. The number of Topliss-reactive ketones (excluding diaryl/α,β-unsaturated/α-hetero) is 1. The van der Waals surface area contributed by atoms with Gasteiger partial charge in [-0.05, 0) is 169 Å². The first-order valence-electron chi connectivity index (χ1n) is 20.7. The van der Waals surface area contributed by atoms with Crippen molar-refractivity contribution in [2.45, 2.75) is 118 Å². The summed E-state index contributed by atoms with van der Waals surface area (Å²) in [6.07, 6.45) is 6.90. The predicted molar refractivity (Wildman–Crippen MR) is 302 cm³/mol. The van der Waals surface area contributed by atoms with Gasteiger partial charge in [-0.3, -0.25) is 9.59 Å². The van der Waals surface area contributed by atoms with Crippen molar-refractivity contribution >= 4 is 42.1 Å². The molecule has 70 heavy (non-hydrogen) atoms. The van der Waals surface area contributed by atoms with E-state index in [1.54, 1.807) is 39.0 Å². The van der Waals surface area contributed by atoms with Crippen LogP contribution in [0.5, 0.6) is 0 Å². The third kappa shape index (κ3) is 26.3. The van der Waals surface area contributed by atoms with Gasteiger partial charge in [-0.25, -0.2) is 10.2 Å². The Bertz CT molecular complexity index is 2900. The Hall–Kier alpha value is -7.26. The van der Waals surface area contributed by atoms with Crippen LogP contribution >= 0.6 is 24.2 Å². The fourth-order valence-corrected chi connectivity index (χ4v) is 6.48. The zero-order chi connectivity index (χ0) is 52.0. The van der Waals surface area contributed by atoms with E-state index in [2.05, 4.69) is 197 Å². The van der Waals surface area contributed by atoms with Crippen LogP contribution in [0.1, 0.15) is 117 Å². The number of terminal acetylenes is 1. The summed E-state index contributed by atoms with van der Waals surface area (Å²) in [6, 6.07) is 0. The number of nitrogens with zero attached hydrogens (tertiary/aromatic N) is 1. The van der Waals surface area contributed by atoms with E-state index in [0.29, 0.717) is 6.42 Å². The fourth-order valence-electron chi connectivity index (χ4n) is 5.88. The number of aryl methyl sites for hydroxylation is 1. The number of nitrogens with one attached hydrogen (secondary N) is 1. The van der Waals surface area contributed by atoms with Crippen LogP contribution < -0.4 is 5.64 Å². The largest absolute Gasteiger partial charge is 0.458 e. The Kier molecular flexibility index (Phi) is 31.1. The van der Waals surface area contributed by atoms with E-state index in [9.17, 15) is 19.8 Å². The Morgan fingerprint density at radius 3 is 1.81 bits per heavy atom. The number of aliphatic hydroxyl groups is 2. The molecule has 0 amide bonds. The molecule has 2 aliphatic rings. The molecular formula is C54H84N2O12S2. The van der Waals surface area contributed by atoms with Crippen LogP contribution in [0.3, 0.4) is 0 Å². The number of esters is 1. The molecule has 394 valence electrons. The average molecular weight is 1020 g/mol. The van der Waals surface area contributed by atoms with Crippen molar-refractivity contribution in [1.82, 2.24) is 10.6 Å². The first-order chi connectivity index (χ1) is 33.6. The number of fused-ring (bicyclic) bond motifs is 1. The van der Waals surface area contributed by atoms with Gasteiger partial charge in [0.05, 0.1) is 46.5 Å². The molecule has 2 aliphatic heterocycles. The van der Waals surface area contributed by atoms with Crippen molar-refractivity contribution in [3.05, 3.63) is 21.7 Å². The molecule has 0 radical (unpaired) electrons. The van der Waals surface area contributed by atoms with E-state index in [0.717, 1.165) is 35.5 Å². The number of epoxide rings is 1. The molecule has 3 rings (SSSR count). The SMILES string of the molecule is C#CC#CC#CC#CC#CC#CC#CC#CC#CC#CC#CC#CC#CC.C/C(=C\c1csc(C)n1)[C@@H]1C[C@@H]2O[C@]2(C)CCC[C@H](C)[C@H](O)[C@@H](C)C(=O)C(C)(C)[C@@H](O)CC(=O)O1.OOONOOOS.[HH].[HH].[HH].[HH].[HH].[HH].[HH].[HH].[HH].[HH].[HH].[HH].[HH].[HH].[HH].[HH].[HH].[HH]. The van der Waals surface area contributed by atoms with Crippen molar-refractivity contribution in [3.8, 4) is 154 Å². The topological polar surface area (TPSA) is 188 Å². The Balaban J connectivity index is -0.0000000530. The second-order valence-corrected chi connectivity index (χ2v) is 16.2. The van der Waals surface area contributed by atoms with Crippen LogP contribution in [0, 0.1) is 179 Å². The highest BCUT2D eigenvalue weighted by Gasteiger charge is 2.53. The van der Waals surface area contributed by atoms with Crippen molar-refractivity contribution in [2.75, 3.05) is 0 Å². The third-order valence-electron chi connectivity index (χ3n) is 9.67. The summed E-state index contributed by atoms with van der Waals surface area (Å²) in [5.41, 5.74) is 1.65. The summed E-state index contributed by atoms with van der Waals surface area (Å²) < 4.78 is 15.5. The van der Waals surface area contributed by atoms with Gasteiger partial charge in [-0.15, -0.1) is 22.1 Å². The standard InChI is InChI=1S/C27H41NO6S.C27H4.H3NO6S.18H2/c1-15-9-8-10-27(7)22(34-27)12-20(16(2)11-19-14-35-18(4)28-19)33-23(30)13-21(29)26(5,6)25(32)17(3)24(15)31;1-3-5-7-9-11-13-15-17-19-21-23-25-27-26-24-22-20-18-16-14-12-10-8-6-4-2;2-5-3-1-4-6-7-8;;;;;;;;;;;;;;;;;;/h11,14-15,17,20-22,24,29,31H,8-10,12-13H2,1-7H3;1H,2H3;1-2,8H;18*1H/b16-11+;;;;;;;;;;;;;;;;;;;;/t15-,17+,20-,21-,22-,24-,27+;;;;;;;;;;;;;;;;;;;;/m0..................../s1. The maximum absolute atomic E-state index is 13.2. The number of thiazole rings is 1. The van der Waals surface area contributed by atoms with Crippen LogP contribution in [-0.4, -0.2) is 62.2 Å². The molecular weight excluding hydrogens is 933 g/mol. The summed E-state index contributed by atoms with van der Waals surface area (Å²) in [5, 5.41) is 38.6. The van der Waals surface area contributed by atoms with Crippen LogP contribution in [0.25, 0.3) is 6.08 Å². The second-order valence-electron chi connectivity index (χ2n) is 15.0. The van der Waals surface area contributed by atoms with E-state index in [4.69, 9.17) is 21.2 Å². The number of hydrogen-bond acceptors (Lipinski definition) is 16. The van der Waals surface area contributed by atoms with Gasteiger partial charge in [0.1, 0.15) is 11.9 Å². The number of ketones is 1. The molecule has 0 bridgehead atoms. The number of cyclic esters (lactones) is 1. The lowest BCUT2D eigenvalue weighted by Gasteiger charge is -2.34. The molecule has 0 spiro atoms. The Morgan fingerprint density at radius 2 is 1.37 bits per heavy atom. The summed E-state index contributed by atoms with van der Waals surface area (Å²) in [5.74, 6) is 60.3. The molecule has 16 heteroatoms. The number of rotatable bonds is 7. The van der Waals surface area contributed by atoms with Crippen LogP contribution in [0.4, 0.5) is 0 Å². The predicted octanol–water partition coefficient (Wildman–Crippen LogP) is 9.14. The lowest BCUT2D eigenvalue weighted by Crippen LogP contribution is -2.45. The second kappa shape index (κ2) is 35.8. The Labute approximate surface area is 447 Å². The number of ether oxygens (including phenoxy) is 2. The lowest BCUT2D eigenvalue weighted by atomic mass is 9.73. The molecule has 0 saturated carbocycles. The molecule has 4 N–H and O–H groups in total. The maximum atomic E-state index is 13.2. The molecule has 1 aromatic rings. The van der Waals surface area contributed by atoms with Gasteiger partial charge >= 0.3 is 5.97 Å². The van der Waals surface area contributed by atoms with Crippen molar-refractivity contribution in [2.24, 2.45) is 17.3 Å². The van der Waals surface area contributed by atoms with Crippen LogP contribution in [0.15, 0.2) is 11.0 Å². The number of thiol groups is 1. The van der Waals surface area contributed by atoms with E-state index in [1.165, 1.54) is 5.64 Å². The van der Waals surface area contributed by atoms with Gasteiger partial charge in [0.15, 0.2) is 0 Å². The Morgan fingerprint density at radius 1 is 0.871 bits per heavy atom. The minimum Gasteiger partial charge on any atom is -0.458 e. The number of aliphatic hydroxyl groups excluding tert-OH is 2. The van der Waals surface area contributed by atoms with Gasteiger partial charge in [0.2, 0.25) is 0 Å². The van der Waals surface area contributed by atoms with E-state index < -0.39 is 35.6 Å². The van der Waals surface area contributed by atoms with Crippen LogP contribution in [0.2, 0.25) is 0 Å². The number of carbonyl (C=O) groups is 2. The fraction of sp³-hybridized carbons (Fsp3) is 0.389. The van der Waals surface area contributed by atoms with Gasteiger partial charge in [-0.1, -0.05) is 50.0 Å². The summed E-state index contributed by atoms with van der Waals surface area (Å²) in [7, 11) is 0. The monoisotopic (exact) mass is 1020 g/mol. The van der Waals surface area contributed by atoms with Crippen molar-refractivity contribution in [1.29, 1.82) is 0 Å².